The van der Waals surface area contributed by atoms with Gasteiger partial charge in [-0.2, -0.15) is 0 Å². The topological polar surface area (TPSA) is 78.5 Å². The van der Waals surface area contributed by atoms with Crippen LogP contribution in [0, 0.1) is 0 Å². The van der Waals surface area contributed by atoms with E-state index in [2.05, 4.69) is 14.9 Å². The highest BCUT2D eigenvalue weighted by Crippen LogP contribution is 2.17. The minimum Gasteiger partial charge on any atom is -0.349 e. The van der Waals surface area contributed by atoms with E-state index in [0.29, 0.717) is 12.1 Å². The van der Waals surface area contributed by atoms with E-state index in [1.54, 1.807) is 19.1 Å². The third-order valence-corrected chi connectivity index (χ3v) is 6.82. The smallest absolute Gasteiger partial charge is 0.251 e. The molecule has 156 valence electrons. The van der Waals surface area contributed by atoms with Crippen LogP contribution in [0.15, 0.2) is 53.4 Å². The van der Waals surface area contributed by atoms with Gasteiger partial charge in [0, 0.05) is 42.8 Å². The highest BCUT2D eigenvalue weighted by atomic mass is 35.5. The number of carbonyl (C=O) groups is 1. The van der Waals surface area contributed by atoms with Crippen molar-refractivity contribution in [2.45, 2.75) is 37.2 Å². The van der Waals surface area contributed by atoms with Gasteiger partial charge >= 0.3 is 0 Å². The molecule has 0 saturated carbocycles. The van der Waals surface area contributed by atoms with Crippen molar-refractivity contribution in [1.29, 1.82) is 0 Å². The average molecular weight is 436 g/mol. The summed E-state index contributed by atoms with van der Waals surface area (Å²) in [5, 5.41) is 3.80. The molecule has 1 aliphatic heterocycles. The first kappa shape index (κ1) is 21.8. The van der Waals surface area contributed by atoms with Gasteiger partial charge in [-0.05, 0) is 54.8 Å². The Hall–Kier alpha value is -1.93. The molecule has 8 heteroatoms. The van der Waals surface area contributed by atoms with E-state index < -0.39 is 10.0 Å². The molecule has 3 rings (SSSR count). The minimum absolute atomic E-state index is 0.120. The number of hydrogen-bond acceptors (Lipinski definition) is 4. The molecule has 2 aromatic rings. The molecule has 0 atom stereocenters. The molecular formula is C21H26ClN3O3S. The van der Waals surface area contributed by atoms with Crippen molar-refractivity contribution in [1.82, 2.24) is 14.9 Å². The number of halogens is 1. The van der Waals surface area contributed by atoms with E-state index in [1.807, 2.05) is 24.3 Å². The van der Waals surface area contributed by atoms with Crippen molar-refractivity contribution in [2.75, 3.05) is 19.6 Å². The van der Waals surface area contributed by atoms with Gasteiger partial charge in [0.05, 0.1) is 4.90 Å². The largest absolute Gasteiger partial charge is 0.349 e. The molecule has 1 fully saturated rings. The van der Waals surface area contributed by atoms with Crippen molar-refractivity contribution in [2.24, 2.45) is 0 Å². The number of piperidine rings is 1. The Bertz CT molecular complexity index is 923. The van der Waals surface area contributed by atoms with Crippen LogP contribution < -0.4 is 10.0 Å². The lowest BCUT2D eigenvalue weighted by atomic mass is 10.0. The molecule has 0 aliphatic carbocycles. The van der Waals surface area contributed by atoms with Crippen LogP contribution in [-0.2, 0) is 16.6 Å². The van der Waals surface area contributed by atoms with Gasteiger partial charge in [-0.3, -0.25) is 9.69 Å². The lowest BCUT2D eigenvalue weighted by molar-refractivity contribution is 0.0909. The zero-order chi connectivity index (χ0) is 20.9. The summed E-state index contributed by atoms with van der Waals surface area (Å²) >= 11 is 5.93. The summed E-state index contributed by atoms with van der Waals surface area (Å²) in [4.78, 5) is 15.0. The molecule has 1 saturated heterocycles. The molecule has 0 spiro atoms. The molecule has 2 N–H and O–H groups in total. The fraction of sp³-hybridized carbons (Fsp3) is 0.381. The number of nitrogens with one attached hydrogen (secondary N) is 2. The monoisotopic (exact) mass is 435 g/mol. The summed E-state index contributed by atoms with van der Waals surface area (Å²) < 4.78 is 26.4. The lowest BCUT2D eigenvalue weighted by Crippen LogP contribution is -2.44. The number of amides is 1. The number of hydrogen-bond donors (Lipinski definition) is 2. The first-order valence-corrected chi connectivity index (χ1v) is 11.6. The Morgan fingerprint density at radius 2 is 1.69 bits per heavy atom. The second-order valence-corrected chi connectivity index (χ2v) is 9.38. The molecule has 6 nitrogen and oxygen atoms in total. The highest BCUT2D eigenvalue weighted by Gasteiger charge is 2.21. The molecule has 0 radical (unpaired) electrons. The van der Waals surface area contributed by atoms with Gasteiger partial charge in [-0.25, -0.2) is 13.1 Å². The quantitative estimate of drug-likeness (QED) is 0.700. The lowest BCUT2D eigenvalue weighted by Gasteiger charge is -2.32. The Kier molecular flexibility index (Phi) is 7.29. The fourth-order valence-corrected chi connectivity index (χ4v) is 4.58. The fourth-order valence-electron chi connectivity index (χ4n) is 3.41. The van der Waals surface area contributed by atoms with Crippen LogP contribution >= 0.6 is 11.6 Å². The van der Waals surface area contributed by atoms with Crippen LogP contribution in [0.5, 0.6) is 0 Å². The summed E-state index contributed by atoms with van der Waals surface area (Å²) in [5.74, 6) is -0.173. The molecule has 1 heterocycles. The van der Waals surface area contributed by atoms with Crippen molar-refractivity contribution < 1.29 is 13.2 Å². The predicted molar refractivity (Wildman–Crippen MR) is 115 cm³/mol. The highest BCUT2D eigenvalue weighted by molar-refractivity contribution is 7.89. The molecule has 29 heavy (non-hydrogen) atoms. The van der Waals surface area contributed by atoms with Crippen molar-refractivity contribution in [3.63, 3.8) is 0 Å². The van der Waals surface area contributed by atoms with E-state index in [0.717, 1.165) is 37.5 Å². The Morgan fingerprint density at radius 3 is 2.28 bits per heavy atom. The van der Waals surface area contributed by atoms with E-state index in [-0.39, 0.29) is 16.8 Å². The third kappa shape index (κ3) is 6.02. The average Bonchev–Trinajstić information content (AvgIpc) is 2.71. The van der Waals surface area contributed by atoms with Crippen molar-refractivity contribution >= 4 is 27.5 Å². The standard InChI is InChI=1S/C21H26ClN3O3S/c1-2-23-29(27,28)20-9-5-17(6-10-20)21(26)24-19-11-13-25(14-12-19)15-16-3-7-18(22)8-4-16/h3-10,19,23H,2,11-15H2,1H3,(H,24,26). The number of carbonyl (C=O) groups excluding carboxylic acids is 1. The molecule has 1 aliphatic rings. The minimum atomic E-state index is -3.51. The Morgan fingerprint density at radius 1 is 1.07 bits per heavy atom. The third-order valence-electron chi connectivity index (χ3n) is 5.00. The van der Waals surface area contributed by atoms with Crippen LogP contribution in [0.2, 0.25) is 5.02 Å². The number of benzene rings is 2. The van der Waals surface area contributed by atoms with Gasteiger partial charge in [0.2, 0.25) is 10.0 Å². The van der Waals surface area contributed by atoms with E-state index >= 15 is 0 Å². The molecular weight excluding hydrogens is 410 g/mol. The maximum atomic E-state index is 12.5. The van der Waals surface area contributed by atoms with Crippen LogP contribution in [-0.4, -0.2) is 44.9 Å². The second kappa shape index (κ2) is 9.71. The Labute approximate surface area is 177 Å². The number of rotatable bonds is 7. The first-order chi connectivity index (χ1) is 13.9. The van der Waals surface area contributed by atoms with Crippen molar-refractivity contribution in [3.8, 4) is 0 Å². The van der Waals surface area contributed by atoms with Gasteiger partial charge < -0.3 is 5.32 Å². The number of sulfonamides is 1. The zero-order valence-electron chi connectivity index (χ0n) is 16.4. The summed E-state index contributed by atoms with van der Waals surface area (Å²) in [6, 6.07) is 14.0. The molecule has 1 amide bonds. The summed E-state index contributed by atoms with van der Waals surface area (Å²) in [6.45, 7) is 4.74. The van der Waals surface area contributed by atoms with Crippen LogP contribution in [0.1, 0.15) is 35.7 Å². The summed E-state index contributed by atoms with van der Waals surface area (Å²) in [6.07, 6.45) is 1.76. The molecule has 0 unspecified atom stereocenters. The summed E-state index contributed by atoms with van der Waals surface area (Å²) in [7, 11) is -3.51. The first-order valence-electron chi connectivity index (χ1n) is 9.75. The van der Waals surface area contributed by atoms with Crippen LogP contribution in [0.3, 0.4) is 0 Å². The summed E-state index contributed by atoms with van der Waals surface area (Å²) in [5.41, 5.74) is 1.69. The van der Waals surface area contributed by atoms with E-state index in [4.69, 9.17) is 11.6 Å². The van der Waals surface area contributed by atoms with Gasteiger partial charge in [-0.1, -0.05) is 30.7 Å². The zero-order valence-corrected chi connectivity index (χ0v) is 18.0. The van der Waals surface area contributed by atoms with Crippen molar-refractivity contribution in [3.05, 3.63) is 64.7 Å². The maximum Gasteiger partial charge on any atom is 0.251 e. The number of likely N-dealkylation sites (tertiary alicyclic amines) is 1. The van der Waals surface area contributed by atoms with E-state index in [1.165, 1.54) is 17.7 Å². The normalized spacial score (nSPS) is 15.9. The molecule has 0 bridgehead atoms. The Balaban J connectivity index is 1.50. The number of nitrogens with zero attached hydrogens (tertiary/aromatic N) is 1. The van der Waals surface area contributed by atoms with Gasteiger partial charge in [-0.15, -0.1) is 0 Å². The predicted octanol–water partition coefficient (Wildman–Crippen LogP) is 3.03. The van der Waals surface area contributed by atoms with Crippen LogP contribution in [0.4, 0.5) is 0 Å². The van der Waals surface area contributed by atoms with E-state index in [9.17, 15) is 13.2 Å². The maximum absolute atomic E-state index is 12.5. The van der Waals surface area contributed by atoms with Gasteiger partial charge in [0.1, 0.15) is 0 Å². The second-order valence-electron chi connectivity index (χ2n) is 7.18. The molecule has 2 aromatic carbocycles. The SMILES string of the molecule is CCNS(=O)(=O)c1ccc(C(=O)NC2CCN(Cc3ccc(Cl)cc3)CC2)cc1. The van der Waals surface area contributed by atoms with Gasteiger partial charge in [0.15, 0.2) is 0 Å². The molecule has 0 aromatic heterocycles. The van der Waals surface area contributed by atoms with Crippen LogP contribution in [0.25, 0.3) is 0 Å². The van der Waals surface area contributed by atoms with Gasteiger partial charge in [0.25, 0.3) is 5.91 Å².